The number of carbonyl (C=O) groups excluding carboxylic acids is 2. The van der Waals surface area contributed by atoms with E-state index in [2.05, 4.69) is 10.6 Å². The Morgan fingerprint density at radius 2 is 2.18 bits per heavy atom. The first-order chi connectivity index (χ1) is 8.01. The van der Waals surface area contributed by atoms with Crippen LogP contribution in [0.4, 0.5) is 0 Å². The molecule has 17 heavy (non-hydrogen) atoms. The topological polar surface area (TPSA) is 93.5 Å². The third-order valence-electron chi connectivity index (χ3n) is 3.17. The van der Waals surface area contributed by atoms with Crippen LogP contribution >= 0.6 is 0 Å². The van der Waals surface area contributed by atoms with E-state index in [1.165, 1.54) is 0 Å². The molecule has 1 heterocycles. The van der Waals surface area contributed by atoms with Gasteiger partial charge in [-0.3, -0.25) is 9.59 Å². The lowest BCUT2D eigenvalue weighted by molar-refractivity contribution is -0.131. The quantitative estimate of drug-likeness (QED) is 0.581. The Kier molecular flexibility index (Phi) is 3.35. The second-order valence-electron chi connectivity index (χ2n) is 4.94. The first kappa shape index (κ1) is 12.3. The molecule has 0 radical (unpaired) electrons. The summed E-state index contributed by atoms with van der Waals surface area (Å²) < 4.78 is 5.11. The number of carbonyl (C=O) groups is 2. The van der Waals surface area contributed by atoms with Crippen LogP contribution in [-0.4, -0.2) is 42.7 Å². The van der Waals surface area contributed by atoms with E-state index in [0.717, 1.165) is 12.8 Å². The normalized spacial score (nSPS) is 29.8. The Morgan fingerprint density at radius 3 is 2.71 bits per heavy atom. The van der Waals surface area contributed by atoms with Gasteiger partial charge in [0, 0.05) is 12.6 Å². The van der Waals surface area contributed by atoms with Gasteiger partial charge in [0.1, 0.15) is 11.6 Å². The number of nitrogens with two attached hydrogens (primary N) is 1. The summed E-state index contributed by atoms with van der Waals surface area (Å²) in [5.74, 6) is -0.461. The molecule has 0 spiro atoms. The number of nitrogens with one attached hydrogen (secondary N) is 2. The van der Waals surface area contributed by atoms with Crippen molar-refractivity contribution in [1.29, 1.82) is 0 Å². The molecule has 0 bridgehead atoms. The van der Waals surface area contributed by atoms with Gasteiger partial charge in [-0.15, -0.1) is 0 Å². The Hall–Kier alpha value is -1.14. The minimum absolute atomic E-state index is 0.150. The van der Waals surface area contributed by atoms with Crippen LogP contribution in [0.1, 0.15) is 26.2 Å². The summed E-state index contributed by atoms with van der Waals surface area (Å²) >= 11 is 0. The van der Waals surface area contributed by atoms with Gasteiger partial charge in [-0.25, -0.2) is 0 Å². The number of rotatable bonds is 4. The van der Waals surface area contributed by atoms with E-state index in [9.17, 15) is 9.59 Å². The molecule has 1 aliphatic heterocycles. The molecule has 1 saturated heterocycles. The van der Waals surface area contributed by atoms with Gasteiger partial charge in [0.2, 0.25) is 11.8 Å². The molecule has 0 aromatic heterocycles. The van der Waals surface area contributed by atoms with Crippen molar-refractivity contribution in [2.24, 2.45) is 5.73 Å². The van der Waals surface area contributed by atoms with Gasteiger partial charge in [-0.1, -0.05) is 0 Å². The Balaban J connectivity index is 1.82. The minimum atomic E-state index is -0.978. The van der Waals surface area contributed by atoms with Gasteiger partial charge in [0.15, 0.2) is 0 Å². The van der Waals surface area contributed by atoms with E-state index < -0.39 is 11.6 Å². The highest BCUT2D eigenvalue weighted by molar-refractivity contribution is 5.92. The average Bonchev–Trinajstić information content (AvgIpc) is 2.98. The summed E-state index contributed by atoms with van der Waals surface area (Å²) in [6.07, 6.45) is 2.55. The summed E-state index contributed by atoms with van der Waals surface area (Å²) in [5, 5.41) is 5.48. The van der Waals surface area contributed by atoms with Crippen LogP contribution in [0.15, 0.2) is 0 Å². The van der Waals surface area contributed by atoms with Crippen LogP contribution in [0.5, 0.6) is 0 Å². The first-order valence-electron chi connectivity index (χ1n) is 5.99. The minimum Gasteiger partial charge on any atom is -0.379 e. The molecule has 6 heteroatoms. The lowest BCUT2D eigenvalue weighted by Gasteiger charge is -2.23. The third kappa shape index (κ3) is 2.95. The van der Waals surface area contributed by atoms with Crippen LogP contribution in [0.2, 0.25) is 0 Å². The van der Waals surface area contributed by atoms with E-state index in [0.29, 0.717) is 19.1 Å². The van der Waals surface area contributed by atoms with Crippen molar-refractivity contribution in [1.82, 2.24) is 10.6 Å². The predicted molar refractivity (Wildman–Crippen MR) is 61.1 cm³/mol. The van der Waals surface area contributed by atoms with Crippen LogP contribution in [0, 0.1) is 0 Å². The van der Waals surface area contributed by atoms with E-state index in [1.54, 1.807) is 6.92 Å². The maximum absolute atomic E-state index is 11.9. The largest absolute Gasteiger partial charge is 0.379 e. The van der Waals surface area contributed by atoms with E-state index in [1.807, 2.05) is 0 Å². The summed E-state index contributed by atoms with van der Waals surface area (Å²) in [4.78, 5) is 23.5. The number of hydrogen-bond acceptors (Lipinski definition) is 4. The van der Waals surface area contributed by atoms with Crippen LogP contribution in [0.3, 0.4) is 0 Å². The fourth-order valence-corrected chi connectivity index (χ4v) is 1.72. The van der Waals surface area contributed by atoms with Crippen molar-refractivity contribution < 1.29 is 14.3 Å². The van der Waals surface area contributed by atoms with E-state index >= 15 is 0 Å². The molecule has 1 aliphatic carbocycles. The fraction of sp³-hybridized carbons (Fsp3) is 0.818. The number of amides is 2. The predicted octanol–water partition coefficient (Wildman–Crippen LogP) is -1.11. The molecule has 2 fully saturated rings. The Bertz CT molecular complexity index is 322. The van der Waals surface area contributed by atoms with Gasteiger partial charge in [0.05, 0.1) is 6.61 Å². The fourth-order valence-electron chi connectivity index (χ4n) is 1.72. The maximum atomic E-state index is 11.9. The average molecular weight is 241 g/mol. The zero-order chi connectivity index (χ0) is 12.5. The van der Waals surface area contributed by atoms with Gasteiger partial charge in [0.25, 0.3) is 0 Å². The van der Waals surface area contributed by atoms with Crippen LogP contribution in [0.25, 0.3) is 0 Å². The van der Waals surface area contributed by atoms with Crippen molar-refractivity contribution in [3.8, 4) is 0 Å². The van der Waals surface area contributed by atoms with Gasteiger partial charge in [-0.05, 0) is 26.2 Å². The molecular weight excluding hydrogens is 222 g/mol. The Labute approximate surface area is 100 Å². The standard InChI is InChI=1S/C11H19N3O3/c1-7(9(15)14-8-2-3-8)13-10(16)11(12)4-5-17-6-11/h7-8H,2-6,12H2,1H3,(H,13,16)(H,14,15). The van der Waals surface area contributed by atoms with Crippen molar-refractivity contribution in [3.05, 3.63) is 0 Å². The molecule has 2 atom stereocenters. The Morgan fingerprint density at radius 1 is 1.47 bits per heavy atom. The maximum Gasteiger partial charge on any atom is 0.243 e. The van der Waals surface area contributed by atoms with Crippen molar-refractivity contribution in [3.63, 3.8) is 0 Å². The van der Waals surface area contributed by atoms with Gasteiger partial charge < -0.3 is 21.1 Å². The molecule has 6 nitrogen and oxygen atoms in total. The van der Waals surface area contributed by atoms with Crippen molar-refractivity contribution >= 4 is 11.8 Å². The molecule has 2 amide bonds. The summed E-state index contributed by atoms with van der Waals surface area (Å²) in [6, 6.07) is -0.257. The highest BCUT2D eigenvalue weighted by Gasteiger charge is 2.39. The van der Waals surface area contributed by atoms with Crippen LogP contribution < -0.4 is 16.4 Å². The van der Waals surface area contributed by atoms with Gasteiger partial charge >= 0.3 is 0 Å². The molecule has 4 N–H and O–H groups in total. The number of hydrogen-bond donors (Lipinski definition) is 3. The van der Waals surface area contributed by atoms with Crippen molar-refractivity contribution in [2.45, 2.75) is 43.8 Å². The molecule has 96 valence electrons. The third-order valence-corrected chi connectivity index (χ3v) is 3.17. The monoisotopic (exact) mass is 241 g/mol. The zero-order valence-corrected chi connectivity index (χ0v) is 9.99. The second kappa shape index (κ2) is 4.62. The van der Waals surface area contributed by atoms with E-state index in [4.69, 9.17) is 10.5 Å². The second-order valence-corrected chi connectivity index (χ2v) is 4.94. The van der Waals surface area contributed by atoms with Crippen LogP contribution in [-0.2, 0) is 14.3 Å². The summed E-state index contributed by atoms with van der Waals surface area (Å²) in [6.45, 7) is 2.37. The molecule has 0 aromatic rings. The van der Waals surface area contributed by atoms with Crippen molar-refractivity contribution in [2.75, 3.05) is 13.2 Å². The highest BCUT2D eigenvalue weighted by atomic mass is 16.5. The van der Waals surface area contributed by atoms with E-state index in [-0.39, 0.29) is 18.4 Å². The molecule has 2 rings (SSSR count). The molecule has 1 saturated carbocycles. The SMILES string of the molecule is CC(NC(=O)C1(N)CCOC1)C(=O)NC1CC1. The first-order valence-corrected chi connectivity index (χ1v) is 5.99. The zero-order valence-electron chi connectivity index (χ0n) is 9.99. The summed E-state index contributed by atoms with van der Waals surface area (Å²) in [7, 11) is 0. The molecule has 2 aliphatic rings. The summed E-state index contributed by atoms with van der Waals surface area (Å²) in [5.41, 5.74) is 4.92. The molecule has 0 aromatic carbocycles. The molecular formula is C11H19N3O3. The lowest BCUT2D eigenvalue weighted by Crippen LogP contribution is -2.58. The highest BCUT2D eigenvalue weighted by Crippen LogP contribution is 2.19. The number of ether oxygens (including phenoxy) is 1. The van der Waals surface area contributed by atoms with Gasteiger partial charge in [-0.2, -0.15) is 0 Å². The lowest BCUT2D eigenvalue weighted by atomic mass is 9.99. The smallest absolute Gasteiger partial charge is 0.243 e. The molecule has 2 unspecified atom stereocenters.